The minimum atomic E-state index is 0.886. The van der Waals surface area contributed by atoms with Crippen LogP contribution < -0.4 is 0 Å². The highest BCUT2D eigenvalue weighted by atomic mass is 16.3. The summed E-state index contributed by atoms with van der Waals surface area (Å²) in [5, 5.41) is 13.0. The standard InChI is InChI=1S/C48H28O2/c1-2-11-29(12-3-1)43-28-35-24-34-23-33(22-21-32(34)26-44(35)50-43)46-36-15-6-8-17-38(36)47(39-18-9-7-16-37(39)46)40-19-10-20-42-48(40)41-25-30-13-4-5-14-31(30)27-45(41)49-42/h1-28H. The highest BCUT2D eigenvalue weighted by Gasteiger charge is 2.21. The number of hydrogen-bond acceptors (Lipinski definition) is 2. The average Bonchev–Trinajstić information content (AvgIpc) is 3.76. The molecular formula is C48H28O2. The molecule has 0 aliphatic heterocycles. The van der Waals surface area contributed by atoms with Crippen molar-refractivity contribution in [1.82, 2.24) is 0 Å². The van der Waals surface area contributed by atoms with Gasteiger partial charge in [-0.3, -0.25) is 0 Å². The highest BCUT2D eigenvalue weighted by molar-refractivity contribution is 6.26. The van der Waals surface area contributed by atoms with E-state index in [1.807, 2.05) is 18.2 Å². The van der Waals surface area contributed by atoms with Gasteiger partial charge in [0, 0.05) is 21.7 Å². The Labute approximate surface area is 287 Å². The number of furan rings is 2. The van der Waals surface area contributed by atoms with Crippen LogP contribution in [0.25, 0.3) is 110 Å². The van der Waals surface area contributed by atoms with Crippen molar-refractivity contribution in [3.05, 3.63) is 170 Å². The number of fused-ring (bicyclic) bond motifs is 8. The molecule has 2 heteroatoms. The largest absolute Gasteiger partial charge is 0.456 e. The molecule has 0 fully saturated rings. The summed E-state index contributed by atoms with van der Waals surface area (Å²) in [6.07, 6.45) is 0. The van der Waals surface area contributed by atoms with Gasteiger partial charge in [-0.05, 0) is 108 Å². The highest BCUT2D eigenvalue weighted by Crippen LogP contribution is 2.47. The zero-order valence-electron chi connectivity index (χ0n) is 27.0. The number of hydrogen-bond donors (Lipinski definition) is 0. The fraction of sp³-hybridized carbons (Fsp3) is 0. The molecular weight excluding hydrogens is 609 g/mol. The summed E-state index contributed by atoms with van der Waals surface area (Å²) in [6, 6.07) is 60.9. The molecule has 0 unspecified atom stereocenters. The molecule has 50 heavy (non-hydrogen) atoms. The van der Waals surface area contributed by atoms with Gasteiger partial charge in [-0.15, -0.1) is 0 Å². The lowest BCUT2D eigenvalue weighted by Crippen LogP contribution is -1.91. The molecule has 2 aromatic heterocycles. The van der Waals surface area contributed by atoms with E-state index in [0.29, 0.717) is 0 Å². The molecule has 0 radical (unpaired) electrons. The van der Waals surface area contributed by atoms with Crippen molar-refractivity contribution in [1.29, 1.82) is 0 Å². The Bertz CT molecular complexity index is 3080. The molecule has 0 spiro atoms. The van der Waals surface area contributed by atoms with Crippen LogP contribution in [0, 0.1) is 0 Å². The van der Waals surface area contributed by atoms with Crippen LogP contribution in [-0.4, -0.2) is 0 Å². The molecule has 0 N–H and O–H groups in total. The van der Waals surface area contributed by atoms with E-state index in [1.165, 1.54) is 60.0 Å². The second kappa shape index (κ2) is 10.4. The van der Waals surface area contributed by atoms with Gasteiger partial charge in [0.1, 0.15) is 22.5 Å². The zero-order chi connectivity index (χ0) is 32.8. The fourth-order valence-electron chi connectivity index (χ4n) is 8.13. The lowest BCUT2D eigenvalue weighted by atomic mass is 9.84. The topological polar surface area (TPSA) is 26.3 Å². The van der Waals surface area contributed by atoms with Crippen LogP contribution in [-0.2, 0) is 0 Å². The van der Waals surface area contributed by atoms with E-state index in [4.69, 9.17) is 8.83 Å². The van der Waals surface area contributed by atoms with Gasteiger partial charge in [0.05, 0.1) is 0 Å². The van der Waals surface area contributed by atoms with Gasteiger partial charge in [-0.25, -0.2) is 0 Å². The van der Waals surface area contributed by atoms with E-state index in [1.54, 1.807) is 0 Å². The summed E-state index contributed by atoms with van der Waals surface area (Å²) < 4.78 is 12.8. The lowest BCUT2D eigenvalue weighted by molar-refractivity contribution is 0.632. The smallest absolute Gasteiger partial charge is 0.136 e. The molecule has 2 nitrogen and oxygen atoms in total. The molecule has 0 bridgehead atoms. The van der Waals surface area contributed by atoms with Crippen LogP contribution in [0.3, 0.4) is 0 Å². The molecule has 0 aliphatic carbocycles. The second-order valence-corrected chi connectivity index (χ2v) is 13.2. The van der Waals surface area contributed by atoms with Gasteiger partial charge >= 0.3 is 0 Å². The lowest BCUT2D eigenvalue weighted by Gasteiger charge is -2.18. The van der Waals surface area contributed by atoms with Gasteiger partial charge < -0.3 is 8.83 Å². The van der Waals surface area contributed by atoms with Crippen molar-refractivity contribution in [2.24, 2.45) is 0 Å². The molecule has 232 valence electrons. The van der Waals surface area contributed by atoms with Crippen molar-refractivity contribution in [2.45, 2.75) is 0 Å². The number of benzene rings is 9. The van der Waals surface area contributed by atoms with E-state index in [-0.39, 0.29) is 0 Å². The summed E-state index contributed by atoms with van der Waals surface area (Å²) in [5.74, 6) is 0.886. The van der Waals surface area contributed by atoms with Crippen LogP contribution in [0.15, 0.2) is 179 Å². The van der Waals surface area contributed by atoms with E-state index in [0.717, 1.165) is 49.6 Å². The summed E-state index contributed by atoms with van der Waals surface area (Å²) in [4.78, 5) is 0. The molecule has 0 atom stereocenters. The Morgan fingerprint density at radius 2 is 0.940 bits per heavy atom. The van der Waals surface area contributed by atoms with E-state index >= 15 is 0 Å². The first-order valence-electron chi connectivity index (χ1n) is 17.1. The van der Waals surface area contributed by atoms with Crippen molar-refractivity contribution < 1.29 is 8.83 Å². The van der Waals surface area contributed by atoms with Crippen molar-refractivity contribution >= 4 is 76.0 Å². The fourth-order valence-corrected chi connectivity index (χ4v) is 8.13. The quantitative estimate of drug-likeness (QED) is 0.180. The zero-order valence-corrected chi connectivity index (χ0v) is 27.0. The summed E-state index contributed by atoms with van der Waals surface area (Å²) >= 11 is 0. The van der Waals surface area contributed by atoms with Crippen molar-refractivity contribution in [2.75, 3.05) is 0 Å². The van der Waals surface area contributed by atoms with E-state index < -0.39 is 0 Å². The second-order valence-electron chi connectivity index (χ2n) is 13.2. The Hall–Kier alpha value is -6.64. The Balaban J connectivity index is 1.17. The van der Waals surface area contributed by atoms with Crippen LogP contribution in [0.5, 0.6) is 0 Å². The summed E-state index contributed by atoms with van der Waals surface area (Å²) in [7, 11) is 0. The van der Waals surface area contributed by atoms with Crippen LogP contribution in [0.2, 0.25) is 0 Å². The molecule has 2 heterocycles. The average molecular weight is 637 g/mol. The molecule has 9 aromatic carbocycles. The summed E-state index contributed by atoms with van der Waals surface area (Å²) in [6.45, 7) is 0. The Morgan fingerprint density at radius 3 is 1.70 bits per heavy atom. The first-order chi connectivity index (χ1) is 24.8. The van der Waals surface area contributed by atoms with Crippen molar-refractivity contribution in [3.8, 4) is 33.6 Å². The predicted molar refractivity (Wildman–Crippen MR) is 210 cm³/mol. The summed E-state index contributed by atoms with van der Waals surface area (Å²) in [5.41, 5.74) is 8.66. The minimum absolute atomic E-state index is 0.886. The van der Waals surface area contributed by atoms with Crippen LogP contribution in [0.1, 0.15) is 0 Å². The van der Waals surface area contributed by atoms with E-state index in [9.17, 15) is 0 Å². The third kappa shape index (κ3) is 4.03. The third-order valence-electron chi connectivity index (χ3n) is 10.4. The first-order valence-corrected chi connectivity index (χ1v) is 17.1. The third-order valence-corrected chi connectivity index (χ3v) is 10.4. The van der Waals surface area contributed by atoms with Crippen molar-refractivity contribution in [3.63, 3.8) is 0 Å². The first kappa shape index (κ1) is 27.3. The monoisotopic (exact) mass is 636 g/mol. The molecule has 0 amide bonds. The Kier molecular flexibility index (Phi) is 5.70. The maximum absolute atomic E-state index is 6.53. The van der Waals surface area contributed by atoms with Gasteiger partial charge in [0.15, 0.2) is 0 Å². The molecule has 0 saturated carbocycles. The van der Waals surface area contributed by atoms with Gasteiger partial charge in [0.25, 0.3) is 0 Å². The van der Waals surface area contributed by atoms with Gasteiger partial charge in [-0.2, -0.15) is 0 Å². The normalized spacial score (nSPS) is 12.0. The molecule has 0 saturated heterocycles. The maximum Gasteiger partial charge on any atom is 0.136 e. The van der Waals surface area contributed by atoms with E-state index in [2.05, 4.69) is 152 Å². The van der Waals surface area contributed by atoms with Gasteiger partial charge in [0.2, 0.25) is 0 Å². The predicted octanol–water partition coefficient (Wildman–Crippen LogP) is 13.9. The molecule has 11 aromatic rings. The number of rotatable bonds is 3. The maximum atomic E-state index is 6.53. The van der Waals surface area contributed by atoms with Gasteiger partial charge in [-0.1, -0.05) is 127 Å². The minimum Gasteiger partial charge on any atom is -0.456 e. The molecule has 11 rings (SSSR count). The van der Waals surface area contributed by atoms with Crippen LogP contribution >= 0.6 is 0 Å². The SMILES string of the molecule is c1ccc(-c2cc3cc4cc(-c5c6ccccc6c(-c6cccc7oc8cc9ccccc9cc8c67)c6ccccc56)ccc4cc3o2)cc1. The van der Waals surface area contributed by atoms with Crippen LogP contribution in [0.4, 0.5) is 0 Å². The Morgan fingerprint density at radius 1 is 0.300 bits per heavy atom. The molecule has 0 aliphatic rings.